The van der Waals surface area contributed by atoms with Crippen LogP contribution in [0, 0.1) is 23.6 Å². The van der Waals surface area contributed by atoms with Gasteiger partial charge < -0.3 is 20.7 Å². The van der Waals surface area contributed by atoms with Crippen molar-refractivity contribution in [1.29, 1.82) is 0 Å². The summed E-state index contributed by atoms with van der Waals surface area (Å²) < 4.78 is 18.9. The molecule has 216 valence electrons. The SMILES string of the molecule is CC(C)Nc1nc(Nc2cccc(F)c2)ncc1C#C[C@@H]1CCC[C@H](NC(=O)[C@H](C)N(C)C(=O)OC(C)(C)C)C1. The summed E-state index contributed by atoms with van der Waals surface area (Å²) in [5.41, 5.74) is 0.582. The van der Waals surface area contributed by atoms with Crippen LogP contribution in [0.5, 0.6) is 0 Å². The second kappa shape index (κ2) is 13.5. The van der Waals surface area contributed by atoms with E-state index in [1.54, 1.807) is 53.1 Å². The number of anilines is 3. The van der Waals surface area contributed by atoms with E-state index in [-0.39, 0.29) is 29.7 Å². The van der Waals surface area contributed by atoms with E-state index in [4.69, 9.17) is 4.74 Å². The van der Waals surface area contributed by atoms with Gasteiger partial charge in [0.2, 0.25) is 11.9 Å². The Kier molecular flexibility index (Phi) is 10.3. The zero-order valence-corrected chi connectivity index (χ0v) is 24.5. The van der Waals surface area contributed by atoms with Gasteiger partial charge in [-0.15, -0.1) is 0 Å². The second-order valence-electron chi connectivity index (χ2n) is 11.5. The highest BCUT2D eigenvalue weighted by Crippen LogP contribution is 2.25. The van der Waals surface area contributed by atoms with Crippen LogP contribution >= 0.6 is 0 Å². The molecule has 10 heteroatoms. The molecule has 0 aliphatic heterocycles. The van der Waals surface area contributed by atoms with Crippen molar-refractivity contribution < 1.29 is 18.7 Å². The number of carbonyl (C=O) groups is 2. The van der Waals surface area contributed by atoms with Gasteiger partial charge in [-0.2, -0.15) is 4.98 Å². The average molecular weight is 553 g/mol. The molecular formula is C30H41FN6O3. The molecular weight excluding hydrogens is 511 g/mol. The first-order chi connectivity index (χ1) is 18.8. The van der Waals surface area contributed by atoms with Gasteiger partial charge in [0.05, 0.1) is 11.8 Å². The van der Waals surface area contributed by atoms with Crippen LogP contribution in [-0.2, 0) is 9.53 Å². The van der Waals surface area contributed by atoms with Crippen molar-refractivity contribution >= 4 is 29.5 Å². The quantitative estimate of drug-likeness (QED) is 0.391. The maximum absolute atomic E-state index is 13.6. The molecule has 1 fully saturated rings. The van der Waals surface area contributed by atoms with Gasteiger partial charge in [-0.1, -0.05) is 24.3 Å². The van der Waals surface area contributed by atoms with Crippen molar-refractivity contribution in [2.45, 2.75) is 91.0 Å². The third kappa shape index (κ3) is 9.40. The summed E-state index contributed by atoms with van der Waals surface area (Å²) in [4.78, 5) is 35.5. The molecule has 9 nitrogen and oxygen atoms in total. The predicted molar refractivity (Wildman–Crippen MR) is 155 cm³/mol. The van der Waals surface area contributed by atoms with Gasteiger partial charge in [-0.3, -0.25) is 9.69 Å². The molecule has 0 saturated heterocycles. The molecule has 3 rings (SSSR count). The Balaban J connectivity index is 1.65. The number of likely N-dealkylation sites (N-methyl/N-ethyl adjacent to an activating group) is 1. The minimum atomic E-state index is -0.664. The van der Waals surface area contributed by atoms with Crippen LogP contribution in [0.3, 0.4) is 0 Å². The van der Waals surface area contributed by atoms with Crippen LogP contribution in [-0.4, -0.2) is 57.6 Å². The topological polar surface area (TPSA) is 108 Å². The molecule has 0 bridgehead atoms. The highest BCUT2D eigenvalue weighted by atomic mass is 19.1. The molecule has 0 radical (unpaired) electrons. The van der Waals surface area contributed by atoms with Crippen molar-refractivity contribution in [3.05, 3.63) is 41.8 Å². The molecule has 1 aromatic carbocycles. The smallest absolute Gasteiger partial charge is 0.410 e. The van der Waals surface area contributed by atoms with Gasteiger partial charge in [0.25, 0.3) is 0 Å². The second-order valence-corrected chi connectivity index (χ2v) is 11.5. The van der Waals surface area contributed by atoms with Gasteiger partial charge in [0, 0.05) is 30.7 Å². The lowest BCUT2D eigenvalue weighted by Crippen LogP contribution is -2.50. The number of benzene rings is 1. The fourth-order valence-electron chi connectivity index (χ4n) is 4.23. The molecule has 0 spiro atoms. The lowest BCUT2D eigenvalue weighted by molar-refractivity contribution is -0.126. The van der Waals surface area contributed by atoms with E-state index in [0.29, 0.717) is 29.4 Å². The molecule has 1 saturated carbocycles. The van der Waals surface area contributed by atoms with Crippen molar-refractivity contribution in [3.8, 4) is 11.8 Å². The van der Waals surface area contributed by atoms with Crippen molar-refractivity contribution in [1.82, 2.24) is 20.2 Å². The Morgan fingerprint density at radius 2 is 1.95 bits per heavy atom. The van der Waals surface area contributed by atoms with E-state index >= 15 is 0 Å². The fourth-order valence-corrected chi connectivity index (χ4v) is 4.23. The molecule has 2 aromatic rings. The normalized spacial score (nSPS) is 17.7. The number of aromatic nitrogens is 2. The zero-order valence-electron chi connectivity index (χ0n) is 24.5. The number of halogens is 1. The van der Waals surface area contributed by atoms with Gasteiger partial charge in [0.1, 0.15) is 23.3 Å². The summed E-state index contributed by atoms with van der Waals surface area (Å²) in [6.45, 7) is 11.1. The molecule has 1 aliphatic carbocycles. The summed E-state index contributed by atoms with van der Waals surface area (Å²) in [7, 11) is 1.57. The lowest BCUT2D eigenvalue weighted by Gasteiger charge is -2.31. The predicted octanol–water partition coefficient (Wildman–Crippen LogP) is 5.46. The highest BCUT2D eigenvalue weighted by molar-refractivity contribution is 5.85. The number of nitrogens with one attached hydrogen (secondary N) is 3. The number of hydrogen-bond acceptors (Lipinski definition) is 7. The Hall–Kier alpha value is -3.87. The summed E-state index contributed by atoms with van der Waals surface area (Å²) in [5, 5.41) is 9.43. The Labute approximate surface area is 236 Å². The van der Waals surface area contributed by atoms with Crippen molar-refractivity contribution in [2.75, 3.05) is 17.7 Å². The third-order valence-corrected chi connectivity index (χ3v) is 6.37. The van der Waals surface area contributed by atoms with Crippen LogP contribution in [0.25, 0.3) is 0 Å². The Morgan fingerprint density at radius 1 is 1.20 bits per heavy atom. The van der Waals surface area contributed by atoms with Gasteiger partial charge in [-0.05, 0) is 79.0 Å². The van der Waals surface area contributed by atoms with Crippen LogP contribution in [0.1, 0.15) is 72.8 Å². The molecule has 3 atom stereocenters. The van der Waals surface area contributed by atoms with Gasteiger partial charge in [0.15, 0.2) is 0 Å². The molecule has 40 heavy (non-hydrogen) atoms. The molecule has 0 unspecified atom stereocenters. The standard InChI is InChI=1S/C30H41FN6O3/c1-19(2)33-26-22(18-32-28(36-26)35-25-13-9-11-23(31)17-25)15-14-21-10-8-12-24(16-21)34-27(38)20(3)37(7)29(39)40-30(4,5)6/h9,11,13,17-21,24H,8,10,12,16H2,1-7H3,(H,34,38)(H2,32,33,35,36)/t20-,21-,24-/m0/s1. The molecule has 1 heterocycles. The van der Waals surface area contributed by atoms with E-state index in [1.807, 2.05) is 13.8 Å². The van der Waals surface area contributed by atoms with E-state index in [2.05, 4.69) is 37.8 Å². The maximum atomic E-state index is 13.6. The first-order valence-corrected chi connectivity index (χ1v) is 13.7. The maximum Gasteiger partial charge on any atom is 0.410 e. The number of nitrogens with zero attached hydrogens (tertiary/aromatic N) is 3. The first-order valence-electron chi connectivity index (χ1n) is 13.7. The zero-order chi connectivity index (χ0) is 29.4. The summed E-state index contributed by atoms with van der Waals surface area (Å²) in [6.07, 6.45) is 4.56. The number of amides is 2. The van der Waals surface area contributed by atoms with Crippen molar-refractivity contribution in [2.24, 2.45) is 5.92 Å². The largest absolute Gasteiger partial charge is 0.444 e. The van der Waals surface area contributed by atoms with E-state index in [0.717, 1.165) is 19.3 Å². The number of hydrogen-bond donors (Lipinski definition) is 3. The molecule has 2 amide bonds. The lowest BCUT2D eigenvalue weighted by atomic mass is 9.86. The third-order valence-electron chi connectivity index (χ3n) is 6.37. The first kappa shape index (κ1) is 30.7. The van der Waals surface area contributed by atoms with E-state index < -0.39 is 17.7 Å². The summed E-state index contributed by atoms with van der Waals surface area (Å²) >= 11 is 0. The monoisotopic (exact) mass is 552 g/mol. The van der Waals surface area contributed by atoms with Crippen molar-refractivity contribution in [3.63, 3.8) is 0 Å². The fraction of sp³-hybridized carbons (Fsp3) is 0.533. The Morgan fingerprint density at radius 3 is 2.62 bits per heavy atom. The minimum Gasteiger partial charge on any atom is -0.444 e. The highest BCUT2D eigenvalue weighted by Gasteiger charge is 2.29. The van der Waals surface area contributed by atoms with Gasteiger partial charge >= 0.3 is 6.09 Å². The minimum absolute atomic E-state index is 0.0302. The molecule has 1 aliphatic rings. The van der Waals surface area contributed by atoms with Crippen LogP contribution in [0.15, 0.2) is 30.5 Å². The summed E-state index contributed by atoms with van der Waals surface area (Å²) in [6, 6.07) is 5.53. The van der Waals surface area contributed by atoms with Gasteiger partial charge in [-0.25, -0.2) is 14.2 Å². The average Bonchev–Trinajstić information content (AvgIpc) is 2.86. The van der Waals surface area contributed by atoms with E-state index in [1.165, 1.54) is 17.0 Å². The van der Waals surface area contributed by atoms with Crippen LogP contribution in [0.4, 0.5) is 26.6 Å². The Bertz CT molecular complexity index is 1250. The molecule has 3 N–H and O–H groups in total. The van der Waals surface area contributed by atoms with Crippen LogP contribution < -0.4 is 16.0 Å². The van der Waals surface area contributed by atoms with E-state index in [9.17, 15) is 14.0 Å². The number of rotatable bonds is 7. The number of carbonyl (C=O) groups excluding carboxylic acids is 2. The van der Waals surface area contributed by atoms with Crippen LogP contribution in [0.2, 0.25) is 0 Å². The summed E-state index contributed by atoms with van der Waals surface area (Å²) in [5.74, 6) is 7.04. The molecule has 1 aromatic heterocycles. The number of ether oxygens (including phenoxy) is 1.